The topological polar surface area (TPSA) is 69.6 Å². The highest BCUT2D eigenvalue weighted by Gasteiger charge is 2.27. The molecule has 0 spiro atoms. The van der Waals surface area contributed by atoms with Gasteiger partial charge in [0.1, 0.15) is 5.75 Å². The van der Waals surface area contributed by atoms with E-state index in [0.29, 0.717) is 18.7 Å². The van der Waals surface area contributed by atoms with E-state index in [-0.39, 0.29) is 29.5 Å². The van der Waals surface area contributed by atoms with Gasteiger partial charge in [-0.2, -0.15) is 0 Å². The molecule has 2 amide bonds. The van der Waals surface area contributed by atoms with E-state index in [4.69, 9.17) is 0 Å². The molecule has 1 saturated heterocycles. The Labute approximate surface area is 125 Å². The molecule has 1 aliphatic rings. The van der Waals surface area contributed by atoms with Gasteiger partial charge in [-0.25, -0.2) is 0 Å². The number of hydrogen-bond donors (Lipinski definition) is 2. The Balaban J connectivity index is 2.02. The zero-order valence-corrected chi connectivity index (χ0v) is 12.5. The molecule has 1 unspecified atom stereocenters. The molecule has 0 bridgehead atoms. The molecular formula is C16H22N2O3. The molecule has 21 heavy (non-hydrogen) atoms. The van der Waals surface area contributed by atoms with Crippen molar-refractivity contribution in [2.45, 2.75) is 32.7 Å². The van der Waals surface area contributed by atoms with E-state index in [2.05, 4.69) is 5.32 Å². The number of rotatable bonds is 3. The Hall–Kier alpha value is -2.04. The number of carbonyl (C=O) groups excluding carboxylic acids is 2. The van der Waals surface area contributed by atoms with Crippen molar-refractivity contribution < 1.29 is 14.7 Å². The van der Waals surface area contributed by atoms with Crippen LogP contribution in [0.2, 0.25) is 0 Å². The number of nitrogens with one attached hydrogen (secondary N) is 1. The van der Waals surface area contributed by atoms with Crippen LogP contribution in [-0.2, 0) is 4.79 Å². The fourth-order valence-corrected chi connectivity index (χ4v) is 2.47. The molecule has 0 saturated carbocycles. The highest BCUT2D eigenvalue weighted by Crippen LogP contribution is 2.20. The zero-order valence-electron chi connectivity index (χ0n) is 12.5. The smallest absolute Gasteiger partial charge is 0.257 e. The van der Waals surface area contributed by atoms with Crippen LogP contribution in [0.3, 0.4) is 0 Å². The average Bonchev–Trinajstić information content (AvgIpc) is 2.47. The number of phenolic OH excluding ortho intramolecular Hbond substituents is 1. The summed E-state index contributed by atoms with van der Waals surface area (Å²) in [6, 6.07) is 6.54. The predicted octanol–water partition coefficient (Wildman–Crippen LogP) is 1.77. The van der Waals surface area contributed by atoms with Crippen molar-refractivity contribution in [1.29, 1.82) is 0 Å². The van der Waals surface area contributed by atoms with E-state index >= 15 is 0 Å². The summed E-state index contributed by atoms with van der Waals surface area (Å²) in [6.07, 6.45) is 1.73. The zero-order chi connectivity index (χ0) is 15.4. The summed E-state index contributed by atoms with van der Waals surface area (Å²) in [5.74, 6) is -0.237. The number of phenols is 1. The van der Waals surface area contributed by atoms with Crippen molar-refractivity contribution >= 4 is 11.8 Å². The molecule has 2 N–H and O–H groups in total. The first-order chi connectivity index (χ1) is 9.99. The Morgan fingerprint density at radius 2 is 2.05 bits per heavy atom. The number of amides is 2. The lowest BCUT2D eigenvalue weighted by Gasteiger charge is -2.33. The van der Waals surface area contributed by atoms with Gasteiger partial charge in [-0.05, 0) is 25.0 Å². The average molecular weight is 290 g/mol. The van der Waals surface area contributed by atoms with Gasteiger partial charge in [-0.1, -0.05) is 26.0 Å². The summed E-state index contributed by atoms with van der Waals surface area (Å²) in [5.41, 5.74) is 0.313. The summed E-state index contributed by atoms with van der Waals surface area (Å²) in [4.78, 5) is 25.9. The third kappa shape index (κ3) is 3.74. The second kappa shape index (κ2) is 6.61. The molecule has 5 heteroatoms. The molecule has 5 nitrogen and oxygen atoms in total. The monoisotopic (exact) mass is 290 g/mol. The lowest BCUT2D eigenvalue weighted by atomic mass is 10.0. The number of piperidine rings is 1. The van der Waals surface area contributed by atoms with Gasteiger partial charge < -0.3 is 15.3 Å². The van der Waals surface area contributed by atoms with Crippen LogP contribution in [0.1, 0.15) is 37.0 Å². The fraction of sp³-hybridized carbons (Fsp3) is 0.500. The minimum Gasteiger partial charge on any atom is -0.507 e. The lowest BCUT2D eigenvalue weighted by molar-refractivity contribution is -0.125. The first-order valence-electron chi connectivity index (χ1n) is 7.36. The SMILES string of the molecule is CC(C)C(=O)NC1CCCN(C(=O)c2ccccc2O)C1. The van der Waals surface area contributed by atoms with Crippen LogP contribution in [0.5, 0.6) is 5.75 Å². The summed E-state index contributed by atoms with van der Waals surface area (Å²) < 4.78 is 0. The first kappa shape index (κ1) is 15.4. The second-order valence-corrected chi connectivity index (χ2v) is 5.77. The molecular weight excluding hydrogens is 268 g/mol. The van der Waals surface area contributed by atoms with Crippen LogP contribution < -0.4 is 5.32 Å². The van der Waals surface area contributed by atoms with E-state index < -0.39 is 0 Å². The van der Waals surface area contributed by atoms with E-state index in [0.717, 1.165) is 12.8 Å². The number of para-hydroxylation sites is 1. The molecule has 0 radical (unpaired) electrons. The van der Waals surface area contributed by atoms with Crippen molar-refractivity contribution in [2.24, 2.45) is 5.92 Å². The van der Waals surface area contributed by atoms with E-state index in [1.807, 2.05) is 13.8 Å². The molecule has 2 rings (SSSR count). The van der Waals surface area contributed by atoms with Crippen LogP contribution in [0.4, 0.5) is 0 Å². The van der Waals surface area contributed by atoms with Crippen molar-refractivity contribution in [3.63, 3.8) is 0 Å². The van der Waals surface area contributed by atoms with Crippen LogP contribution in [-0.4, -0.2) is 41.0 Å². The molecule has 0 aliphatic carbocycles. The molecule has 1 atom stereocenters. The van der Waals surface area contributed by atoms with Gasteiger partial charge in [0.25, 0.3) is 5.91 Å². The van der Waals surface area contributed by atoms with E-state index in [1.165, 1.54) is 6.07 Å². The van der Waals surface area contributed by atoms with Crippen molar-refractivity contribution in [1.82, 2.24) is 10.2 Å². The predicted molar refractivity (Wildman–Crippen MR) is 80.0 cm³/mol. The Bertz CT molecular complexity index is 528. The second-order valence-electron chi connectivity index (χ2n) is 5.77. The summed E-state index contributed by atoms with van der Waals surface area (Å²) >= 11 is 0. The summed E-state index contributed by atoms with van der Waals surface area (Å²) in [5, 5.41) is 12.8. The van der Waals surface area contributed by atoms with Crippen LogP contribution in [0, 0.1) is 5.92 Å². The summed E-state index contributed by atoms with van der Waals surface area (Å²) in [6.45, 7) is 4.85. The minimum absolute atomic E-state index is 0.00385. The number of aromatic hydroxyl groups is 1. The Morgan fingerprint density at radius 1 is 1.33 bits per heavy atom. The number of nitrogens with zero attached hydrogens (tertiary/aromatic N) is 1. The minimum atomic E-state index is -0.184. The summed E-state index contributed by atoms with van der Waals surface area (Å²) in [7, 11) is 0. The van der Waals surface area contributed by atoms with E-state index in [9.17, 15) is 14.7 Å². The molecule has 1 aromatic rings. The lowest BCUT2D eigenvalue weighted by Crippen LogP contribution is -2.50. The Morgan fingerprint density at radius 3 is 2.71 bits per heavy atom. The number of carbonyl (C=O) groups is 2. The van der Waals surface area contributed by atoms with Gasteiger partial charge in [-0.15, -0.1) is 0 Å². The largest absolute Gasteiger partial charge is 0.507 e. The molecule has 1 heterocycles. The molecule has 1 fully saturated rings. The molecule has 114 valence electrons. The van der Waals surface area contributed by atoms with Gasteiger partial charge >= 0.3 is 0 Å². The third-order valence-electron chi connectivity index (χ3n) is 3.71. The highest BCUT2D eigenvalue weighted by molar-refractivity contribution is 5.96. The first-order valence-corrected chi connectivity index (χ1v) is 7.36. The van der Waals surface area contributed by atoms with Gasteiger partial charge in [0.05, 0.1) is 5.56 Å². The maximum absolute atomic E-state index is 12.4. The Kier molecular flexibility index (Phi) is 4.83. The van der Waals surface area contributed by atoms with Crippen molar-refractivity contribution in [3.8, 4) is 5.75 Å². The molecule has 0 aromatic heterocycles. The van der Waals surface area contributed by atoms with Gasteiger partial charge in [0.2, 0.25) is 5.91 Å². The van der Waals surface area contributed by atoms with Crippen LogP contribution in [0.25, 0.3) is 0 Å². The maximum Gasteiger partial charge on any atom is 0.257 e. The van der Waals surface area contributed by atoms with E-state index in [1.54, 1.807) is 23.1 Å². The van der Waals surface area contributed by atoms with Gasteiger partial charge in [0, 0.05) is 25.0 Å². The number of benzene rings is 1. The van der Waals surface area contributed by atoms with Gasteiger partial charge in [0.15, 0.2) is 0 Å². The maximum atomic E-state index is 12.4. The van der Waals surface area contributed by atoms with Crippen LogP contribution in [0.15, 0.2) is 24.3 Å². The third-order valence-corrected chi connectivity index (χ3v) is 3.71. The highest BCUT2D eigenvalue weighted by atomic mass is 16.3. The molecule has 1 aliphatic heterocycles. The van der Waals surface area contributed by atoms with Crippen molar-refractivity contribution in [2.75, 3.05) is 13.1 Å². The standard InChI is InChI=1S/C16H22N2O3/c1-11(2)15(20)17-12-6-5-9-18(10-12)16(21)13-7-3-4-8-14(13)19/h3-4,7-8,11-12,19H,5-6,9-10H2,1-2H3,(H,17,20). The fourth-order valence-electron chi connectivity index (χ4n) is 2.47. The normalized spacial score (nSPS) is 18.6. The number of likely N-dealkylation sites (tertiary alicyclic amines) is 1. The quantitative estimate of drug-likeness (QED) is 0.891. The molecule has 1 aromatic carbocycles. The van der Waals surface area contributed by atoms with Crippen LogP contribution >= 0.6 is 0 Å². The number of hydrogen-bond acceptors (Lipinski definition) is 3. The van der Waals surface area contributed by atoms with Crippen molar-refractivity contribution in [3.05, 3.63) is 29.8 Å². The van der Waals surface area contributed by atoms with Gasteiger partial charge in [-0.3, -0.25) is 9.59 Å².